The molecule has 1 aliphatic heterocycles. The van der Waals surface area contributed by atoms with E-state index in [2.05, 4.69) is 14.9 Å². The lowest BCUT2D eigenvalue weighted by Gasteiger charge is -2.28. The number of methoxy groups -OCH3 is 1. The molecule has 116 valence electrons. The van der Waals surface area contributed by atoms with Crippen LogP contribution in [0.25, 0.3) is 11.4 Å². The molecule has 2 heterocycles. The standard InChI is InChI=1S/C15H19N5O2/c1-21-13-9-18-14(10-2-3-11(16)12(17)8-10)19-15(13)20-4-6-22-7-5-20/h2-3,8-9H,4-7,16-17H2,1H3. The molecule has 0 unspecified atom stereocenters. The van der Waals surface area contributed by atoms with Crippen LogP contribution in [0.3, 0.4) is 0 Å². The Bertz CT molecular complexity index is 671. The third-order valence-corrected chi connectivity index (χ3v) is 3.61. The fraction of sp³-hybridized carbons (Fsp3) is 0.333. The third kappa shape index (κ3) is 2.75. The first-order valence-electron chi connectivity index (χ1n) is 7.08. The molecule has 7 nitrogen and oxygen atoms in total. The van der Waals surface area contributed by atoms with Crippen LogP contribution in [-0.2, 0) is 4.74 Å². The van der Waals surface area contributed by atoms with Crippen LogP contribution in [0.2, 0.25) is 0 Å². The number of nitrogens with two attached hydrogens (primary N) is 2. The van der Waals surface area contributed by atoms with Crippen LogP contribution < -0.4 is 21.1 Å². The largest absolute Gasteiger partial charge is 0.491 e. The van der Waals surface area contributed by atoms with Gasteiger partial charge in [0.05, 0.1) is 37.9 Å². The number of anilines is 3. The van der Waals surface area contributed by atoms with E-state index in [4.69, 9.17) is 20.9 Å². The summed E-state index contributed by atoms with van der Waals surface area (Å²) >= 11 is 0. The second-order valence-corrected chi connectivity index (χ2v) is 5.03. The van der Waals surface area contributed by atoms with Gasteiger partial charge in [-0.3, -0.25) is 0 Å². The summed E-state index contributed by atoms with van der Waals surface area (Å²) < 4.78 is 10.8. The summed E-state index contributed by atoms with van der Waals surface area (Å²) in [4.78, 5) is 11.1. The van der Waals surface area contributed by atoms with E-state index in [1.165, 1.54) is 0 Å². The van der Waals surface area contributed by atoms with Crippen molar-refractivity contribution in [1.82, 2.24) is 9.97 Å². The van der Waals surface area contributed by atoms with Gasteiger partial charge in [-0.2, -0.15) is 0 Å². The minimum Gasteiger partial charge on any atom is -0.491 e. The highest BCUT2D eigenvalue weighted by atomic mass is 16.5. The predicted octanol–water partition coefficient (Wildman–Crippen LogP) is 1.15. The summed E-state index contributed by atoms with van der Waals surface area (Å²) in [5.41, 5.74) is 13.5. The normalized spacial score (nSPS) is 14.9. The summed E-state index contributed by atoms with van der Waals surface area (Å²) in [7, 11) is 1.61. The lowest BCUT2D eigenvalue weighted by atomic mass is 10.1. The predicted molar refractivity (Wildman–Crippen MR) is 85.9 cm³/mol. The Morgan fingerprint density at radius 1 is 1.18 bits per heavy atom. The summed E-state index contributed by atoms with van der Waals surface area (Å²) in [6.07, 6.45) is 1.68. The van der Waals surface area contributed by atoms with Gasteiger partial charge in [0.15, 0.2) is 17.4 Å². The van der Waals surface area contributed by atoms with Gasteiger partial charge < -0.3 is 25.8 Å². The number of aromatic nitrogens is 2. The van der Waals surface area contributed by atoms with E-state index in [1.54, 1.807) is 25.4 Å². The smallest absolute Gasteiger partial charge is 0.179 e. The summed E-state index contributed by atoms with van der Waals surface area (Å²) in [6, 6.07) is 5.39. The Hall–Kier alpha value is -2.54. The number of nitrogen functional groups attached to an aromatic ring is 2. The van der Waals surface area contributed by atoms with Crippen molar-refractivity contribution in [1.29, 1.82) is 0 Å². The van der Waals surface area contributed by atoms with Crippen LogP contribution in [0.4, 0.5) is 17.2 Å². The van der Waals surface area contributed by atoms with Gasteiger partial charge in [0.25, 0.3) is 0 Å². The van der Waals surface area contributed by atoms with Crippen LogP contribution in [0.15, 0.2) is 24.4 Å². The number of rotatable bonds is 3. The maximum Gasteiger partial charge on any atom is 0.179 e. The van der Waals surface area contributed by atoms with Gasteiger partial charge >= 0.3 is 0 Å². The lowest BCUT2D eigenvalue weighted by Crippen LogP contribution is -2.37. The monoisotopic (exact) mass is 301 g/mol. The van der Waals surface area contributed by atoms with Crippen molar-refractivity contribution in [2.24, 2.45) is 0 Å². The molecule has 7 heteroatoms. The van der Waals surface area contributed by atoms with Crippen molar-refractivity contribution >= 4 is 17.2 Å². The van der Waals surface area contributed by atoms with Crippen LogP contribution in [0.5, 0.6) is 5.75 Å². The molecule has 1 saturated heterocycles. The molecule has 0 amide bonds. The van der Waals surface area contributed by atoms with E-state index >= 15 is 0 Å². The highest BCUT2D eigenvalue weighted by Gasteiger charge is 2.18. The second-order valence-electron chi connectivity index (χ2n) is 5.03. The quantitative estimate of drug-likeness (QED) is 0.820. The minimum absolute atomic E-state index is 0.518. The molecule has 0 radical (unpaired) electrons. The van der Waals surface area contributed by atoms with E-state index in [0.29, 0.717) is 36.2 Å². The van der Waals surface area contributed by atoms with Gasteiger partial charge in [-0.25, -0.2) is 9.97 Å². The molecule has 22 heavy (non-hydrogen) atoms. The Morgan fingerprint density at radius 2 is 1.95 bits per heavy atom. The van der Waals surface area contributed by atoms with Gasteiger partial charge in [-0.05, 0) is 18.2 Å². The zero-order valence-corrected chi connectivity index (χ0v) is 12.5. The highest BCUT2D eigenvalue weighted by Crippen LogP contribution is 2.30. The van der Waals surface area contributed by atoms with Crippen LogP contribution in [0.1, 0.15) is 0 Å². The molecule has 1 aromatic carbocycles. The molecular formula is C15H19N5O2. The van der Waals surface area contributed by atoms with Gasteiger partial charge in [0.1, 0.15) is 0 Å². The molecular weight excluding hydrogens is 282 g/mol. The first-order valence-corrected chi connectivity index (χ1v) is 7.08. The molecule has 0 aliphatic carbocycles. The van der Waals surface area contributed by atoms with E-state index in [1.807, 2.05) is 6.07 Å². The van der Waals surface area contributed by atoms with Gasteiger partial charge in [-0.15, -0.1) is 0 Å². The van der Waals surface area contributed by atoms with Gasteiger partial charge in [0.2, 0.25) is 0 Å². The lowest BCUT2D eigenvalue weighted by molar-refractivity contribution is 0.122. The summed E-state index contributed by atoms with van der Waals surface area (Å²) in [6.45, 7) is 2.90. The number of ether oxygens (including phenoxy) is 2. The fourth-order valence-electron chi connectivity index (χ4n) is 2.36. The highest BCUT2D eigenvalue weighted by molar-refractivity contribution is 5.72. The summed E-state index contributed by atoms with van der Waals surface area (Å²) in [5.74, 6) is 2.01. The van der Waals surface area contributed by atoms with Crippen molar-refractivity contribution in [3.05, 3.63) is 24.4 Å². The fourth-order valence-corrected chi connectivity index (χ4v) is 2.36. The van der Waals surface area contributed by atoms with Crippen molar-refractivity contribution in [2.75, 3.05) is 49.8 Å². The molecule has 1 aliphatic rings. The van der Waals surface area contributed by atoms with Crippen molar-refractivity contribution in [3.8, 4) is 17.1 Å². The first kappa shape index (κ1) is 14.4. The third-order valence-electron chi connectivity index (χ3n) is 3.61. The van der Waals surface area contributed by atoms with E-state index in [-0.39, 0.29) is 0 Å². The first-order chi connectivity index (χ1) is 10.7. The molecule has 4 N–H and O–H groups in total. The van der Waals surface area contributed by atoms with Crippen molar-refractivity contribution in [3.63, 3.8) is 0 Å². The number of benzene rings is 1. The zero-order valence-electron chi connectivity index (χ0n) is 12.5. The number of morpholine rings is 1. The molecule has 0 bridgehead atoms. The average molecular weight is 301 g/mol. The SMILES string of the molecule is COc1cnc(-c2ccc(N)c(N)c2)nc1N1CCOCC1. The van der Waals surface area contributed by atoms with Gasteiger partial charge in [0, 0.05) is 18.7 Å². The topological polar surface area (TPSA) is 99.5 Å². The second kappa shape index (κ2) is 6.07. The maximum atomic E-state index is 5.86. The number of hydrogen-bond donors (Lipinski definition) is 2. The van der Waals surface area contributed by atoms with Crippen LogP contribution in [0, 0.1) is 0 Å². The van der Waals surface area contributed by atoms with Crippen molar-refractivity contribution < 1.29 is 9.47 Å². The molecule has 0 atom stereocenters. The summed E-state index contributed by atoms with van der Waals surface area (Å²) in [5, 5.41) is 0. The Kier molecular flexibility index (Phi) is 3.97. The Labute approximate surface area is 128 Å². The van der Waals surface area contributed by atoms with Crippen molar-refractivity contribution in [2.45, 2.75) is 0 Å². The van der Waals surface area contributed by atoms with Crippen LogP contribution in [-0.4, -0.2) is 43.4 Å². The molecule has 3 rings (SSSR count). The molecule has 1 fully saturated rings. The molecule has 1 aromatic heterocycles. The Morgan fingerprint density at radius 3 is 2.64 bits per heavy atom. The molecule has 2 aromatic rings. The maximum absolute atomic E-state index is 5.86. The minimum atomic E-state index is 0.518. The average Bonchev–Trinajstić information content (AvgIpc) is 2.57. The zero-order chi connectivity index (χ0) is 15.5. The molecule has 0 spiro atoms. The van der Waals surface area contributed by atoms with Gasteiger partial charge in [-0.1, -0.05) is 0 Å². The van der Waals surface area contributed by atoms with E-state index in [9.17, 15) is 0 Å². The van der Waals surface area contributed by atoms with E-state index < -0.39 is 0 Å². The van der Waals surface area contributed by atoms with Crippen LogP contribution >= 0.6 is 0 Å². The number of nitrogens with zero attached hydrogens (tertiary/aromatic N) is 3. The Balaban J connectivity index is 2.00. The van der Waals surface area contributed by atoms with E-state index in [0.717, 1.165) is 24.5 Å². The number of hydrogen-bond acceptors (Lipinski definition) is 7. The molecule has 0 saturated carbocycles.